The highest BCUT2D eigenvalue weighted by molar-refractivity contribution is 8.03. The molecule has 0 saturated heterocycles. The number of nitrogens with zero attached hydrogens (tertiary/aromatic N) is 1. The van der Waals surface area contributed by atoms with Crippen LogP contribution in [-0.4, -0.2) is 6.21 Å². The first-order chi connectivity index (χ1) is 3.50. The molecular formula is C5H3NS. The smallest absolute Gasteiger partial charge is 0.0454 e. The number of aliphatic imine (C=N–C) groups is 1. The Morgan fingerprint density at radius 2 is 2.57 bits per heavy atom. The van der Waals surface area contributed by atoms with E-state index in [1.165, 1.54) is 11.8 Å². The second kappa shape index (κ2) is 2.64. The summed E-state index contributed by atoms with van der Waals surface area (Å²) in [6, 6.07) is 0. The summed E-state index contributed by atoms with van der Waals surface area (Å²) in [6.07, 6.45) is 6.02. The van der Waals surface area contributed by atoms with E-state index < -0.39 is 0 Å². The van der Waals surface area contributed by atoms with Crippen LogP contribution in [0.5, 0.6) is 0 Å². The summed E-state index contributed by atoms with van der Waals surface area (Å²) in [6.45, 7) is 0. The van der Waals surface area contributed by atoms with Crippen molar-refractivity contribution in [3.8, 4) is 0 Å². The molecule has 0 N–H and O–H groups in total. The molecular weight excluding hydrogens is 106 g/mol. The van der Waals surface area contributed by atoms with Crippen LogP contribution in [0.2, 0.25) is 0 Å². The van der Waals surface area contributed by atoms with Crippen LogP contribution in [0.25, 0.3) is 0 Å². The molecule has 0 spiro atoms. The monoisotopic (exact) mass is 109 g/mol. The van der Waals surface area contributed by atoms with Gasteiger partial charge in [0.15, 0.2) is 0 Å². The first kappa shape index (κ1) is 4.65. The van der Waals surface area contributed by atoms with E-state index in [0.717, 1.165) is 0 Å². The molecule has 0 aromatic rings. The Labute approximate surface area is 46.8 Å². The predicted octanol–water partition coefficient (Wildman–Crippen LogP) is 1.40. The average Bonchev–Trinajstić information content (AvgIpc) is 1.90. The van der Waals surface area contributed by atoms with Crippen LogP contribution in [0.15, 0.2) is 16.6 Å². The Morgan fingerprint density at radius 3 is 3.57 bits per heavy atom. The zero-order valence-corrected chi connectivity index (χ0v) is 4.40. The third kappa shape index (κ3) is 1.59. The minimum absolute atomic E-state index is 1.45. The van der Waals surface area contributed by atoms with Gasteiger partial charge in [-0.25, -0.2) is 0 Å². The van der Waals surface area contributed by atoms with Crippen LogP contribution >= 0.6 is 11.8 Å². The molecule has 2 heteroatoms. The Hall–Kier alpha value is -0.500. The number of hydrogen-bond acceptors (Lipinski definition) is 2. The largest absolute Gasteiger partial charge is 0.263 e. The minimum Gasteiger partial charge on any atom is -0.263 e. The van der Waals surface area contributed by atoms with Crippen molar-refractivity contribution in [1.82, 2.24) is 0 Å². The van der Waals surface area contributed by atoms with Crippen LogP contribution in [0, 0.1) is 11.5 Å². The third-order valence-electron chi connectivity index (χ3n) is 0.471. The molecule has 34 valence electrons. The Bertz CT molecular complexity index is 110. The fourth-order valence-corrected chi connectivity index (χ4v) is 0.558. The summed E-state index contributed by atoms with van der Waals surface area (Å²) in [7, 11) is 0. The van der Waals surface area contributed by atoms with Crippen LogP contribution in [0.1, 0.15) is 0 Å². The highest BCUT2D eigenvalue weighted by Crippen LogP contribution is 2.02. The van der Waals surface area contributed by atoms with E-state index in [-0.39, 0.29) is 0 Å². The fraction of sp³-hybridized carbons (Fsp3) is 0. The van der Waals surface area contributed by atoms with Crippen molar-refractivity contribution < 1.29 is 0 Å². The number of rotatable bonds is 0. The highest BCUT2D eigenvalue weighted by atomic mass is 32.2. The minimum atomic E-state index is 1.45. The molecule has 0 aliphatic carbocycles. The van der Waals surface area contributed by atoms with Gasteiger partial charge in [-0.1, -0.05) is 11.8 Å². The normalized spacial score (nSPS) is 17.1. The zero-order chi connectivity index (χ0) is 4.95. The van der Waals surface area contributed by atoms with Crippen molar-refractivity contribution in [3.63, 3.8) is 0 Å². The number of hydrogen-bond donors (Lipinski definition) is 0. The van der Waals surface area contributed by atoms with Crippen LogP contribution < -0.4 is 0 Å². The molecule has 2 radical (unpaired) electrons. The van der Waals surface area contributed by atoms with Crippen molar-refractivity contribution in [2.24, 2.45) is 4.99 Å². The summed E-state index contributed by atoms with van der Waals surface area (Å²) < 4.78 is 0. The maximum Gasteiger partial charge on any atom is 0.0454 e. The van der Waals surface area contributed by atoms with Crippen molar-refractivity contribution in [3.05, 3.63) is 23.1 Å². The van der Waals surface area contributed by atoms with E-state index in [9.17, 15) is 0 Å². The molecule has 1 rings (SSSR count). The second-order valence-electron chi connectivity index (χ2n) is 0.927. The quantitative estimate of drug-likeness (QED) is 0.458. The standard InChI is InChI=1S/C5H3NS/c1-2-6-3-5-7-4-1/h2-4H. The molecule has 1 heterocycles. The van der Waals surface area contributed by atoms with Crippen molar-refractivity contribution in [1.29, 1.82) is 0 Å². The number of allylic oxidation sites excluding steroid dienone is 1. The van der Waals surface area contributed by atoms with Gasteiger partial charge in [0.05, 0.1) is 0 Å². The van der Waals surface area contributed by atoms with E-state index in [4.69, 9.17) is 0 Å². The fourth-order valence-electron chi connectivity index (χ4n) is 0.240. The van der Waals surface area contributed by atoms with Gasteiger partial charge in [0, 0.05) is 23.9 Å². The van der Waals surface area contributed by atoms with Gasteiger partial charge in [-0.05, 0) is 5.41 Å². The predicted molar refractivity (Wildman–Crippen MR) is 31.7 cm³/mol. The van der Waals surface area contributed by atoms with Crippen LogP contribution in [0.4, 0.5) is 0 Å². The molecule has 0 amide bonds. The SMILES string of the molecule is [C]1=CN=C[C]=CS1. The van der Waals surface area contributed by atoms with E-state index in [0.29, 0.717) is 0 Å². The van der Waals surface area contributed by atoms with Gasteiger partial charge in [0.1, 0.15) is 0 Å². The Kier molecular flexibility index (Phi) is 1.75. The summed E-state index contributed by atoms with van der Waals surface area (Å²) >= 11 is 1.45. The van der Waals surface area contributed by atoms with Crippen molar-refractivity contribution in [2.75, 3.05) is 0 Å². The zero-order valence-electron chi connectivity index (χ0n) is 3.59. The maximum absolute atomic E-state index is 3.75. The van der Waals surface area contributed by atoms with Gasteiger partial charge >= 0.3 is 0 Å². The van der Waals surface area contributed by atoms with Gasteiger partial charge in [-0.15, -0.1) is 0 Å². The molecule has 1 aliphatic heterocycles. The van der Waals surface area contributed by atoms with Gasteiger partial charge < -0.3 is 0 Å². The lowest BCUT2D eigenvalue weighted by Crippen LogP contribution is -1.54. The summed E-state index contributed by atoms with van der Waals surface area (Å²) in [4.78, 5) is 3.75. The Balaban J connectivity index is 2.60. The lowest BCUT2D eigenvalue weighted by atomic mass is 10.7. The average molecular weight is 109 g/mol. The first-order valence-corrected chi connectivity index (χ1v) is 2.70. The van der Waals surface area contributed by atoms with Gasteiger partial charge in [-0.3, -0.25) is 4.99 Å². The van der Waals surface area contributed by atoms with Crippen molar-refractivity contribution in [2.45, 2.75) is 0 Å². The topological polar surface area (TPSA) is 12.4 Å². The molecule has 0 bridgehead atoms. The molecule has 7 heavy (non-hydrogen) atoms. The first-order valence-electron chi connectivity index (χ1n) is 1.82. The van der Waals surface area contributed by atoms with Crippen molar-refractivity contribution >= 4 is 18.0 Å². The number of thioether (sulfide) groups is 1. The lowest BCUT2D eigenvalue weighted by Gasteiger charge is -1.66. The van der Waals surface area contributed by atoms with Gasteiger partial charge in [-0.2, -0.15) is 0 Å². The second-order valence-corrected chi connectivity index (χ2v) is 1.63. The molecule has 1 aliphatic rings. The molecule has 0 aromatic carbocycles. The van der Waals surface area contributed by atoms with Gasteiger partial charge in [0.25, 0.3) is 0 Å². The summed E-state index contributed by atoms with van der Waals surface area (Å²) in [5.41, 5.74) is 0. The van der Waals surface area contributed by atoms with Crippen LogP contribution in [-0.2, 0) is 0 Å². The van der Waals surface area contributed by atoms with Gasteiger partial charge in [0.2, 0.25) is 0 Å². The van der Waals surface area contributed by atoms with E-state index in [1.54, 1.807) is 17.8 Å². The van der Waals surface area contributed by atoms with E-state index in [2.05, 4.69) is 16.5 Å². The Morgan fingerprint density at radius 1 is 1.57 bits per heavy atom. The molecule has 0 saturated carbocycles. The maximum atomic E-state index is 3.75. The highest BCUT2D eigenvalue weighted by Gasteiger charge is 1.73. The van der Waals surface area contributed by atoms with E-state index in [1.807, 2.05) is 0 Å². The molecule has 1 nitrogen and oxygen atoms in total. The molecule has 0 aromatic heterocycles. The summed E-state index contributed by atoms with van der Waals surface area (Å²) in [5, 5.41) is 4.62. The molecule has 0 unspecified atom stereocenters. The molecule has 0 atom stereocenters. The lowest BCUT2D eigenvalue weighted by molar-refractivity contribution is 1.61. The molecule has 0 fully saturated rings. The van der Waals surface area contributed by atoms with Crippen LogP contribution in [0.3, 0.4) is 0 Å². The third-order valence-corrected chi connectivity index (χ3v) is 0.967. The van der Waals surface area contributed by atoms with E-state index >= 15 is 0 Å². The summed E-state index contributed by atoms with van der Waals surface area (Å²) in [5.74, 6) is 0.